The zero-order valence-electron chi connectivity index (χ0n) is 11.4. The number of hydrogen-bond acceptors (Lipinski definition) is 6. The van der Waals surface area contributed by atoms with Crippen LogP contribution in [0.5, 0.6) is 0 Å². The van der Waals surface area contributed by atoms with E-state index in [4.69, 9.17) is 4.52 Å². The molecule has 1 aliphatic carbocycles. The van der Waals surface area contributed by atoms with E-state index in [0.717, 1.165) is 45.1 Å². The topological polar surface area (TPSA) is 100 Å². The molecule has 0 spiro atoms. The van der Waals surface area contributed by atoms with Crippen LogP contribution in [0.2, 0.25) is 0 Å². The van der Waals surface area contributed by atoms with Crippen LogP contribution >= 0.6 is 0 Å². The fraction of sp³-hybridized carbons (Fsp3) is 0.769. The summed E-state index contributed by atoms with van der Waals surface area (Å²) in [6, 6.07) is 0.0584. The van der Waals surface area contributed by atoms with E-state index >= 15 is 0 Å². The van der Waals surface area contributed by atoms with E-state index < -0.39 is 11.5 Å². The van der Waals surface area contributed by atoms with Gasteiger partial charge in [0.1, 0.15) is 0 Å². The second-order valence-electron chi connectivity index (χ2n) is 5.72. The number of amides is 1. The van der Waals surface area contributed by atoms with Crippen LogP contribution in [0.1, 0.15) is 61.1 Å². The van der Waals surface area contributed by atoms with Gasteiger partial charge in [-0.05, 0) is 32.2 Å². The number of carbonyl (C=O) groups is 1. The molecule has 1 unspecified atom stereocenters. The first-order valence-electron chi connectivity index (χ1n) is 7.24. The van der Waals surface area contributed by atoms with Gasteiger partial charge in [0.25, 0.3) is 11.7 Å². The second-order valence-corrected chi connectivity index (χ2v) is 5.72. The summed E-state index contributed by atoms with van der Waals surface area (Å²) in [5.74, 6) is 0.112. The lowest BCUT2D eigenvalue weighted by Gasteiger charge is -2.21. The second kappa shape index (κ2) is 5.49. The highest BCUT2D eigenvalue weighted by molar-refractivity contribution is 5.90. The number of aromatic nitrogens is 2. The zero-order chi connectivity index (χ0) is 14.0. The largest absolute Gasteiger partial charge is 0.388 e. The summed E-state index contributed by atoms with van der Waals surface area (Å²) >= 11 is 0. The van der Waals surface area contributed by atoms with Gasteiger partial charge in [-0.3, -0.25) is 4.79 Å². The molecule has 110 valence electrons. The van der Waals surface area contributed by atoms with E-state index in [0.29, 0.717) is 5.89 Å². The van der Waals surface area contributed by atoms with E-state index in [9.17, 15) is 9.90 Å². The van der Waals surface area contributed by atoms with Crippen LogP contribution in [0.3, 0.4) is 0 Å². The molecule has 7 heteroatoms. The predicted molar refractivity (Wildman–Crippen MR) is 70.0 cm³/mol. The highest BCUT2D eigenvalue weighted by Crippen LogP contribution is 2.28. The van der Waals surface area contributed by atoms with Crippen molar-refractivity contribution in [2.24, 2.45) is 0 Å². The van der Waals surface area contributed by atoms with Crippen LogP contribution < -0.4 is 10.6 Å². The Kier molecular flexibility index (Phi) is 3.71. The van der Waals surface area contributed by atoms with Gasteiger partial charge in [0.15, 0.2) is 0 Å². The maximum Gasteiger partial charge on any atom is 0.292 e. The summed E-state index contributed by atoms with van der Waals surface area (Å²) in [5.41, 5.74) is -0.769. The maximum absolute atomic E-state index is 11.9. The Bertz CT molecular complexity index is 476. The van der Waals surface area contributed by atoms with Crippen LogP contribution in [0, 0.1) is 0 Å². The molecule has 20 heavy (non-hydrogen) atoms. The molecule has 0 radical (unpaired) electrons. The molecule has 0 bridgehead atoms. The monoisotopic (exact) mass is 280 g/mol. The molecule has 2 aliphatic rings. The van der Waals surface area contributed by atoms with Crippen molar-refractivity contribution in [3.05, 3.63) is 11.7 Å². The Hall–Kier alpha value is -1.47. The summed E-state index contributed by atoms with van der Waals surface area (Å²) in [7, 11) is 0. The fourth-order valence-corrected chi connectivity index (χ4v) is 2.90. The molecule has 1 amide bonds. The van der Waals surface area contributed by atoms with Crippen LogP contribution in [0.15, 0.2) is 4.52 Å². The number of nitrogens with zero attached hydrogens (tertiary/aromatic N) is 2. The number of aliphatic hydroxyl groups is 1. The van der Waals surface area contributed by atoms with Gasteiger partial charge in [0.2, 0.25) is 5.89 Å². The molecule has 0 aromatic carbocycles. The lowest BCUT2D eigenvalue weighted by atomic mass is 10.0. The highest BCUT2D eigenvalue weighted by Gasteiger charge is 2.32. The minimum atomic E-state index is -0.769. The number of nitrogens with one attached hydrogen (secondary N) is 2. The first kappa shape index (κ1) is 13.5. The Morgan fingerprint density at radius 1 is 1.45 bits per heavy atom. The molecule has 1 saturated carbocycles. The van der Waals surface area contributed by atoms with Crippen molar-refractivity contribution in [3.63, 3.8) is 0 Å². The first-order valence-corrected chi connectivity index (χ1v) is 7.24. The summed E-state index contributed by atoms with van der Waals surface area (Å²) in [5, 5.41) is 19.8. The SMILES string of the molecule is O=C(NCC1(O)CCCC1)c1noc(C2CCCN2)n1. The van der Waals surface area contributed by atoms with Gasteiger partial charge in [-0.25, -0.2) is 0 Å². The van der Waals surface area contributed by atoms with Gasteiger partial charge in [0, 0.05) is 6.54 Å². The van der Waals surface area contributed by atoms with E-state index in [2.05, 4.69) is 20.8 Å². The smallest absolute Gasteiger partial charge is 0.292 e. The van der Waals surface area contributed by atoms with Crippen LogP contribution in [0.4, 0.5) is 0 Å². The molecule has 7 nitrogen and oxygen atoms in total. The quantitative estimate of drug-likeness (QED) is 0.744. The molecule has 2 fully saturated rings. The van der Waals surface area contributed by atoms with Crippen molar-refractivity contribution in [2.75, 3.05) is 13.1 Å². The minimum Gasteiger partial charge on any atom is -0.388 e. The summed E-state index contributed by atoms with van der Waals surface area (Å²) < 4.78 is 5.12. The number of hydrogen-bond donors (Lipinski definition) is 3. The molecular formula is C13H20N4O3. The van der Waals surface area contributed by atoms with Crippen molar-refractivity contribution >= 4 is 5.91 Å². The predicted octanol–water partition coefficient (Wildman–Crippen LogP) is 0.529. The lowest BCUT2D eigenvalue weighted by molar-refractivity contribution is 0.0447. The Labute approximate surface area is 117 Å². The van der Waals surface area contributed by atoms with Gasteiger partial charge >= 0.3 is 0 Å². The molecular weight excluding hydrogens is 260 g/mol. The molecule has 3 N–H and O–H groups in total. The van der Waals surface area contributed by atoms with Crippen molar-refractivity contribution < 1.29 is 14.4 Å². The normalized spacial score (nSPS) is 24.9. The fourth-order valence-electron chi connectivity index (χ4n) is 2.90. The minimum absolute atomic E-state index is 0.0373. The zero-order valence-corrected chi connectivity index (χ0v) is 11.4. The molecule has 1 aromatic heterocycles. The van der Waals surface area contributed by atoms with E-state index in [1.54, 1.807) is 0 Å². The van der Waals surface area contributed by atoms with Gasteiger partial charge in [0.05, 0.1) is 11.6 Å². The van der Waals surface area contributed by atoms with Crippen LogP contribution in [-0.4, -0.2) is 39.8 Å². The van der Waals surface area contributed by atoms with Crippen LogP contribution in [0.25, 0.3) is 0 Å². The van der Waals surface area contributed by atoms with Crippen molar-refractivity contribution in [3.8, 4) is 0 Å². The molecule has 3 rings (SSSR count). The molecule has 2 heterocycles. The van der Waals surface area contributed by atoms with E-state index in [1.165, 1.54) is 0 Å². The summed E-state index contributed by atoms with van der Waals surface area (Å²) in [4.78, 5) is 16.1. The Balaban J connectivity index is 1.57. The van der Waals surface area contributed by atoms with E-state index in [-0.39, 0.29) is 18.4 Å². The highest BCUT2D eigenvalue weighted by atomic mass is 16.5. The van der Waals surface area contributed by atoms with Crippen LogP contribution in [-0.2, 0) is 0 Å². The third-order valence-electron chi connectivity index (χ3n) is 4.12. The molecule has 1 saturated heterocycles. The lowest BCUT2D eigenvalue weighted by Crippen LogP contribution is -2.41. The third-order valence-corrected chi connectivity index (χ3v) is 4.12. The summed E-state index contributed by atoms with van der Waals surface area (Å²) in [6.07, 6.45) is 5.50. The van der Waals surface area contributed by atoms with Crippen molar-refractivity contribution in [2.45, 2.75) is 50.2 Å². The number of carbonyl (C=O) groups excluding carboxylic acids is 1. The maximum atomic E-state index is 11.9. The van der Waals surface area contributed by atoms with Gasteiger partial charge in [-0.2, -0.15) is 4.98 Å². The standard InChI is InChI=1S/C13H20N4O3/c18-11(15-8-13(19)5-1-2-6-13)10-16-12(20-17-10)9-4-3-7-14-9/h9,14,19H,1-8H2,(H,15,18). The Morgan fingerprint density at radius 2 is 2.25 bits per heavy atom. The number of rotatable bonds is 4. The van der Waals surface area contributed by atoms with Gasteiger partial charge < -0.3 is 20.3 Å². The molecule has 1 aliphatic heterocycles. The van der Waals surface area contributed by atoms with Gasteiger partial charge in [-0.1, -0.05) is 18.0 Å². The van der Waals surface area contributed by atoms with Crippen molar-refractivity contribution in [1.29, 1.82) is 0 Å². The molecule has 1 atom stereocenters. The average Bonchev–Trinajstić information content (AvgIpc) is 3.16. The van der Waals surface area contributed by atoms with E-state index in [1.807, 2.05) is 0 Å². The van der Waals surface area contributed by atoms with Crippen molar-refractivity contribution in [1.82, 2.24) is 20.8 Å². The average molecular weight is 280 g/mol. The third kappa shape index (κ3) is 2.83. The molecule has 1 aromatic rings. The first-order chi connectivity index (χ1) is 9.66. The van der Waals surface area contributed by atoms with Gasteiger partial charge in [-0.15, -0.1) is 0 Å². The Morgan fingerprint density at radius 3 is 2.95 bits per heavy atom. The summed E-state index contributed by atoms with van der Waals surface area (Å²) in [6.45, 7) is 1.18.